The van der Waals surface area contributed by atoms with Gasteiger partial charge in [0.15, 0.2) is 0 Å². The zero-order chi connectivity index (χ0) is 89.7. The maximum absolute atomic E-state index is 12.4. The topological polar surface area (TPSA) is 284 Å². The number of esters is 7. The third-order valence-electron chi connectivity index (χ3n) is 17.8. The first kappa shape index (κ1) is 93.6. The molecule has 0 fully saturated rings. The highest BCUT2D eigenvalue weighted by Gasteiger charge is 2.21. The van der Waals surface area contributed by atoms with Gasteiger partial charge in [0, 0.05) is 80.1 Å². The van der Waals surface area contributed by atoms with Crippen molar-refractivity contribution < 1.29 is 71.5 Å². The van der Waals surface area contributed by atoms with Crippen molar-refractivity contribution in [3.63, 3.8) is 0 Å². The van der Waals surface area contributed by atoms with Gasteiger partial charge in [-0.1, -0.05) is 91.0 Å². The zero-order valence-electron chi connectivity index (χ0n) is 73.3. The summed E-state index contributed by atoms with van der Waals surface area (Å²) >= 11 is 0. The summed E-state index contributed by atoms with van der Waals surface area (Å²) in [4.78, 5) is 114. The largest absolute Gasteiger partial charge is 0.492 e. The predicted molar refractivity (Wildman–Crippen MR) is 487 cm³/mol. The number of aromatic nitrogens is 7. The molecule has 0 radical (unpaired) electrons. The van der Waals surface area contributed by atoms with E-state index >= 15 is 0 Å². The van der Waals surface area contributed by atoms with Crippen LogP contribution in [0, 0.1) is 20.8 Å². The van der Waals surface area contributed by atoms with Crippen molar-refractivity contribution in [1.29, 1.82) is 0 Å². The van der Waals surface area contributed by atoms with Crippen LogP contribution in [0.5, 0.6) is 5.75 Å². The van der Waals surface area contributed by atoms with Crippen molar-refractivity contribution in [1.82, 2.24) is 34.9 Å². The number of hydrogen-bond acceptors (Lipinski definition) is 22. The molecule has 638 valence electrons. The molecule has 15 rings (SSSR count). The summed E-state index contributed by atoms with van der Waals surface area (Å²) in [6, 6.07) is 69.0. The quantitative estimate of drug-likeness (QED) is 0.0604. The van der Waals surface area contributed by atoms with E-state index in [1.807, 2.05) is 294 Å². The molecule has 0 aliphatic heterocycles. The Balaban J connectivity index is 0.000000164. The van der Waals surface area contributed by atoms with Gasteiger partial charge in [-0.15, -0.1) is 0 Å². The minimum Gasteiger partial charge on any atom is -0.492 e. The molecule has 15 aromatic rings. The number of nitrogens with zero attached hydrogens (tertiary/aromatic N) is 7. The van der Waals surface area contributed by atoms with E-state index in [0.29, 0.717) is 56.8 Å². The van der Waals surface area contributed by atoms with E-state index in [4.69, 9.17) is 37.9 Å². The predicted octanol–water partition coefficient (Wildman–Crippen LogP) is 22.6. The van der Waals surface area contributed by atoms with Gasteiger partial charge in [0.2, 0.25) is 0 Å². The molecule has 0 aliphatic carbocycles. The van der Waals surface area contributed by atoms with Crippen LogP contribution in [0.15, 0.2) is 255 Å². The van der Waals surface area contributed by atoms with Crippen molar-refractivity contribution in [3.8, 4) is 16.9 Å². The smallest absolute Gasteiger partial charge is 0.339 e. The normalized spacial score (nSPS) is 10.8. The first-order chi connectivity index (χ1) is 59.4. The molecule has 0 bridgehead atoms. The second-order valence-corrected chi connectivity index (χ2v) is 30.4. The minimum atomic E-state index is -0.337. The molecule has 0 spiro atoms. The lowest BCUT2D eigenvalue weighted by atomic mass is 9.99. The highest BCUT2D eigenvalue weighted by Crippen LogP contribution is 2.31. The lowest BCUT2D eigenvalue weighted by molar-refractivity contribution is 0.0367. The summed E-state index contributed by atoms with van der Waals surface area (Å²) in [6.07, 6.45) is 7.74. The van der Waals surface area contributed by atoms with Crippen molar-refractivity contribution in [3.05, 3.63) is 311 Å². The molecular formula is C102H105N7O15. The SMILES string of the molecule is CC(C)OC(=O)c1cc(-c2ccccc2)cc2ncccc12.CC(C)OC(=O)c1ccc2ncccc2c1.CC(C)OC(=O)c1cccc2ncccc12.CCOc1ccc(C(=O)OC(C)C)c2cccnc12.Cc1ccc(C(=O)OC(C)C)c2cccnc12.Cc1ccc2c(C(=O)OC(C)C)cccc2n1.Cc1ccc2cc(C(=O)OC(C)C)ccc2n1. The lowest BCUT2D eigenvalue weighted by Gasteiger charge is -2.12. The van der Waals surface area contributed by atoms with Crippen LogP contribution in [0.4, 0.5) is 0 Å². The number of hydrogen-bond donors (Lipinski definition) is 0. The van der Waals surface area contributed by atoms with Gasteiger partial charge in [-0.3, -0.25) is 34.9 Å². The minimum absolute atomic E-state index is 0.0999. The van der Waals surface area contributed by atoms with Gasteiger partial charge < -0.3 is 37.9 Å². The van der Waals surface area contributed by atoms with E-state index in [0.717, 1.165) is 98.9 Å². The Morgan fingerprint density at radius 1 is 0.274 bits per heavy atom. The fraction of sp³-hybridized carbons (Fsp3) is 0.255. The van der Waals surface area contributed by atoms with Crippen LogP contribution < -0.4 is 4.74 Å². The molecule has 7 heterocycles. The molecule has 22 nitrogen and oxygen atoms in total. The molecule has 0 atom stereocenters. The van der Waals surface area contributed by atoms with Crippen LogP contribution in [-0.4, -0.2) is 126 Å². The number of carbonyl (C=O) groups is 7. The molecule has 0 saturated heterocycles. The highest BCUT2D eigenvalue weighted by atomic mass is 16.6. The number of rotatable bonds is 17. The standard InChI is InChI=1S/C19H17NO2.C15H17NO3.3C14H15NO2.2C13H13NO2/c1-13(2)22-19(21)17-11-15(14-7-4-3-5-8-14)12-18-16(17)9-6-10-20-18;1-4-18-13-8-7-12(15(17)19-10(2)3)11-6-5-9-16-14(11)13;1-9(2)17-14(16)12-6-7-13-11(8-12)5-4-10(3)15-13;1-9(2)17-14(16)12-7-6-10(3)13-11(12)5-4-8-15-13;1-9(2)17-14(16)12-5-4-6-13-11(12)8-7-10(3)15-13;1-9(2)16-13(15)11-5-3-7-12-10(11)6-4-8-14-12;1-9(2)16-13(15)11-5-6-12-10(8-11)4-3-7-14-12/h3-13H,1-2H3;5-10H,4H2,1-3H3;3*4-9H,1-3H3;2*3-9H,1-2H3. The molecule has 22 heteroatoms. The van der Waals surface area contributed by atoms with E-state index in [1.54, 1.807) is 85.6 Å². The average Bonchev–Trinajstić information content (AvgIpc) is 0.793. The Morgan fingerprint density at radius 3 is 1.18 bits per heavy atom. The molecule has 7 aromatic heterocycles. The van der Waals surface area contributed by atoms with Crippen LogP contribution >= 0.6 is 0 Å². The van der Waals surface area contributed by atoms with Gasteiger partial charge in [0.25, 0.3) is 0 Å². The van der Waals surface area contributed by atoms with Crippen LogP contribution in [0.2, 0.25) is 0 Å². The Bertz CT molecular complexity index is 6220. The second kappa shape index (κ2) is 45.4. The second-order valence-electron chi connectivity index (χ2n) is 30.4. The number of pyridine rings is 7. The Hall–Kier alpha value is -14.3. The van der Waals surface area contributed by atoms with Gasteiger partial charge in [-0.25, -0.2) is 33.6 Å². The van der Waals surface area contributed by atoms with Gasteiger partial charge in [-0.2, -0.15) is 0 Å². The van der Waals surface area contributed by atoms with Gasteiger partial charge in [0.1, 0.15) is 11.3 Å². The van der Waals surface area contributed by atoms with Crippen LogP contribution in [0.1, 0.15) is 193 Å². The Labute approximate surface area is 722 Å². The zero-order valence-corrected chi connectivity index (χ0v) is 73.3. The van der Waals surface area contributed by atoms with Crippen molar-refractivity contribution in [2.24, 2.45) is 0 Å². The molecule has 124 heavy (non-hydrogen) atoms. The maximum Gasteiger partial charge on any atom is 0.339 e. The van der Waals surface area contributed by atoms with Crippen molar-refractivity contribution in [2.75, 3.05) is 6.61 Å². The van der Waals surface area contributed by atoms with E-state index in [9.17, 15) is 33.6 Å². The fourth-order valence-corrected chi connectivity index (χ4v) is 12.5. The summed E-state index contributed by atoms with van der Waals surface area (Å²) < 4.78 is 42.0. The number of fused-ring (bicyclic) bond motifs is 7. The van der Waals surface area contributed by atoms with Crippen molar-refractivity contribution in [2.45, 2.75) is 167 Å². The summed E-state index contributed by atoms with van der Waals surface area (Å²) in [7, 11) is 0. The molecular weight excluding hydrogens is 1560 g/mol. The maximum atomic E-state index is 12.4. The average molecular weight is 1670 g/mol. The molecule has 0 amide bonds. The Kier molecular flexibility index (Phi) is 34.3. The van der Waals surface area contributed by atoms with Crippen LogP contribution in [0.3, 0.4) is 0 Å². The van der Waals surface area contributed by atoms with Crippen LogP contribution in [-0.2, 0) is 33.2 Å². The fourth-order valence-electron chi connectivity index (χ4n) is 12.5. The summed E-state index contributed by atoms with van der Waals surface area (Å²) in [6.45, 7) is 34.0. The first-order valence-electron chi connectivity index (χ1n) is 41.0. The van der Waals surface area contributed by atoms with E-state index in [1.165, 1.54) is 0 Å². The highest BCUT2D eigenvalue weighted by molar-refractivity contribution is 6.08. The van der Waals surface area contributed by atoms with Crippen molar-refractivity contribution >= 4 is 118 Å². The summed E-state index contributed by atoms with van der Waals surface area (Å²) in [5, 5.41) is 5.97. The number of aryl methyl sites for hydroxylation is 3. The third-order valence-corrected chi connectivity index (χ3v) is 17.8. The Morgan fingerprint density at radius 2 is 0.661 bits per heavy atom. The third kappa shape index (κ3) is 26.9. The molecule has 8 aromatic carbocycles. The molecule has 0 aliphatic rings. The summed E-state index contributed by atoms with van der Waals surface area (Å²) in [5.74, 6) is -1.44. The van der Waals surface area contributed by atoms with E-state index < -0.39 is 0 Å². The molecule has 0 N–H and O–H groups in total. The lowest BCUT2D eigenvalue weighted by Crippen LogP contribution is -2.12. The number of benzene rings is 8. The van der Waals surface area contributed by atoms with Gasteiger partial charge in [0.05, 0.1) is 121 Å². The molecule has 0 saturated carbocycles. The number of ether oxygens (including phenoxy) is 8. The van der Waals surface area contributed by atoms with E-state index in [2.05, 4.69) is 34.9 Å². The molecule has 0 unspecified atom stereocenters. The summed E-state index contributed by atoms with van der Waals surface area (Å²) in [5.41, 5.74) is 14.6. The monoisotopic (exact) mass is 1670 g/mol. The van der Waals surface area contributed by atoms with E-state index in [-0.39, 0.29) is 84.5 Å². The van der Waals surface area contributed by atoms with Gasteiger partial charge in [-0.05, 0) is 275 Å². The number of carbonyl (C=O) groups excluding carboxylic acids is 7. The van der Waals surface area contributed by atoms with Crippen LogP contribution in [0.25, 0.3) is 87.4 Å². The van der Waals surface area contributed by atoms with Gasteiger partial charge >= 0.3 is 41.8 Å². The first-order valence-corrected chi connectivity index (χ1v) is 41.0.